The molecule has 0 fully saturated rings. The lowest BCUT2D eigenvalue weighted by molar-refractivity contribution is -0.174. The van der Waals surface area contributed by atoms with Crippen molar-refractivity contribution in [1.82, 2.24) is 14.8 Å². The molecule has 5 nitrogen and oxygen atoms in total. The lowest BCUT2D eigenvalue weighted by Crippen LogP contribution is -2.19. The minimum Gasteiger partial charge on any atom is -0.370 e. The van der Waals surface area contributed by atoms with Crippen LogP contribution >= 0.6 is 0 Å². The highest BCUT2D eigenvalue weighted by Gasteiger charge is 2.27. The molecule has 0 unspecified atom stereocenters. The van der Waals surface area contributed by atoms with Gasteiger partial charge in [0.15, 0.2) is 0 Å². The Kier molecular flexibility index (Phi) is 3.28. The summed E-state index contributed by atoms with van der Waals surface area (Å²) in [7, 11) is 0. The fourth-order valence-corrected chi connectivity index (χ4v) is 0.763. The first-order chi connectivity index (χ1) is 6.47. The zero-order chi connectivity index (χ0) is 10.6. The van der Waals surface area contributed by atoms with Gasteiger partial charge in [0, 0.05) is 0 Å². The highest BCUT2D eigenvalue weighted by Crippen LogP contribution is 2.14. The van der Waals surface area contributed by atoms with E-state index in [-0.39, 0.29) is 19.1 Å². The van der Waals surface area contributed by atoms with Crippen molar-refractivity contribution >= 4 is 5.95 Å². The molecule has 8 heteroatoms. The first-order valence-corrected chi connectivity index (χ1v) is 3.77. The molecule has 0 aliphatic rings. The number of nitrogens with zero attached hydrogens (tertiary/aromatic N) is 3. The molecule has 0 aromatic carbocycles. The molecule has 0 saturated carbocycles. The number of anilines is 1. The fourth-order valence-electron chi connectivity index (χ4n) is 0.763. The monoisotopic (exact) mass is 210 g/mol. The average Bonchev–Trinajstić information content (AvgIpc) is 2.44. The Labute approximate surface area is 77.7 Å². The van der Waals surface area contributed by atoms with Crippen LogP contribution in [0.4, 0.5) is 19.1 Å². The van der Waals surface area contributed by atoms with Gasteiger partial charge < -0.3 is 10.5 Å². The summed E-state index contributed by atoms with van der Waals surface area (Å²) in [5.74, 6) is 0.0841. The lowest BCUT2D eigenvalue weighted by atomic mass is 10.6. The number of rotatable bonds is 4. The SMILES string of the molecule is Nc1ncn(CCOCC(F)(F)F)n1. The van der Waals surface area contributed by atoms with E-state index in [2.05, 4.69) is 14.8 Å². The van der Waals surface area contributed by atoms with Crippen LogP contribution in [0.2, 0.25) is 0 Å². The van der Waals surface area contributed by atoms with E-state index in [0.717, 1.165) is 0 Å². The number of aromatic nitrogens is 3. The summed E-state index contributed by atoms with van der Waals surface area (Å²) < 4.78 is 40.5. The summed E-state index contributed by atoms with van der Waals surface area (Å²) >= 11 is 0. The van der Waals surface area contributed by atoms with E-state index in [1.165, 1.54) is 11.0 Å². The Hall–Kier alpha value is -1.31. The first-order valence-electron chi connectivity index (χ1n) is 3.77. The maximum Gasteiger partial charge on any atom is 0.411 e. The largest absolute Gasteiger partial charge is 0.411 e. The van der Waals surface area contributed by atoms with Crippen molar-refractivity contribution in [1.29, 1.82) is 0 Å². The lowest BCUT2D eigenvalue weighted by Gasteiger charge is -2.06. The number of nitrogen functional groups attached to an aromatic ring is 1. The Morgan fingerprint density at radius 2 is 2.21 bits per heavy atom. The molecule has 14 heavy (non-hydrogen) atoms. The van der Waals surface area contributed by atoms with Crippen LogP contribution in [0.25, 0.3) is 0 Å². The van der Waals surface area contributed by atoms with Gasteiger partial charge in [-0.3, -0.25) is 0 Å². The second kappa shape index (κ2) is 4.27. The highest BCUT2D eigenvalue weighted by molar-refractivity contribution is 5.08. The topological polar surface area (TPSA) is 66.0 Å². The number of nitrogens with two attached hydrogens (primary N) is 1. The molecule has 1 aromatic rings. The molecular weight excluding hydrogens is 201 g/mol. The molecule has 80 valence electrons. The third kappa shape index (κ3) is 4.08. The molecule has 0 radical (unpaired) electrons. The van der Waals surface area contributed by atoms with Crippen molar-refractivity contribution in [3.8, 4) is 0 Å². The maximum atomic E-state index is 11.6. The maximum absolute atomic E-state index is 11.6. The van der Waals surface area contributed by atoms with Crippen molar-refractivity contribution in [3.05, 3.63) is 6.33 Å². The van der Waals surface area contributed by atoms with Crippen molar-refractivity contribution < 1.29 is 17.9 Å². The summed E-state index contributed by atoms with van der Waals surface area (Å²) in [5, 5.41) is 3.67. The predicted molar refractivity (Wildman–Crippen MR) is 41.3 cm³/mol. The molecule has 0 bridgehead atoms. The van der Waals surface area contributed by atoms with Crippen LogP contribution in [0.15, 0.2) is 6.33 Å². The zero-order valence-electron chi connectivity index (χ0n) is 7.16. The zero-order valence-corrected chi connectivity index (χ0v) is 7.16. The molecule has 0 saturated heterocycles. The van der Waals surface area contributed by atoms with Gasteiger partial charge in [-0.25, -0.2) is 9.67 Å². The van der Waals surface area contributed by atoms with E-state index in [1.807, 2.05) is 0 Å². The van der Waals surface area contributed by atoms with E-state index >= 15 is 0 Å². The van der Waals surface area contributed by atoms with Crippen molar-refractivity contribution in [2.45, 2.75) is 12.7 Å². The Bertz CT molecular complexity index is 285. The summed E-state index contributed by atoms with van der Waals surface area (Å²) in [5.41, 5.74) is 5.19. The predicted octanol–water partition coefficient (Wildman–Crippen LogP) is 0.439. The third-order valence-corrected chi connectivity index (χ3v) is 1.28. The van der Waals surface area contributed by atoms with Gasteiger partial charge in [-0.1, -0.05) is 0 Å². The van der Waals surface area contributed by atoms with E-state index in [1.54, 1.807) is 0 Å². The molecule has 1 heterocycles. The Balaban J connectivity index is 2.16. The number of halogens is 3. The summed E-state index contributed by atoms with van der Waals surface area (Å²) in [6.07, 6.45) is -2.96. The number of hydrogen-bond acceptors (Lipinski definition) is 4. The first kappa shape index (κ1) is 10.8. The van der Waals surface area contributed by atoms with Gasteiger partial charge in [0.25, 0.3) is 0 Å². The van der Waals surface area contributed by atoms with Crippen LogP contribution in [0.3, 0.4) is 0 Å². The van der Waals surface area contributed by atoms with E-state index in [0.29, 0.717) is 0 Å². The second-order valence-electron chi connectivity index (χ2n) is 2.53. The normalized spacial score (nSPS) is 11.9. The van der Waals surface area contributed by atoms with Gasteiger partial charge in [0.2, 0.25) is 5.95 Å². The molecule has 0 spiro atoms. The van der Waals surface area contributed by atoms with Gasteiger partial charge in [0.05, 0.1) is 13.2 Å². The fraction of sp³-hybridized carbons (Fsp3) is 0.667. The molecule has 2 N–H and O–H groups in total. The highest BCUT2D eigenvalue weighted by atomic mass is 19.4. The number of alkyl halides is 3. The minimum absolute atomic E-state index is 0.0810. The Morgan fingerprint density at radius 3 is 2.71 bits per heavy atom. The second-order valence-corrected chi connectivity index (χ2v) is 2.53. The van der Waals surface area contributed by atoms with Gasteiger partial charge in [-0.2, -0.15) is 13.2 Å². The molecular formula is C6H9F3N4O. The molecule has 0 atom stereocenters. The average molecular weight is 210 g/mol. The van der Waals surface area contributed by atoms with Crippen molar-refractivity contribution in [3.63, 3.8) is 0 Å². The minimum atomic E-state index is -4.29. The molecule has 0 aliphatic heterocycles. The number of hydrogen-bond donors (Lipinski definition) is 1. The Morgan fingerprint density at radius 1 is 1.50 bits per heavy atom. The van der Waals surface area contributed by atoms with Gasteiger partial charge >= 0.3 is 6.18 Å². The van der Waals surface area contributed by atoms with Crippen LogP contribution in [0, 0.1) is 0 Å². The smallest absolute Gasteiger partial charge is 0.370 e. The molecule has 1 rings (SSSR count). The van der Waals surface area contributed by atoms with Crippen molar-refractivity contribution in [2.24, 2.45) is 0 Å². The van der Waals surface area contributed by atoms with Gasteiger partial charge in [-0.05, 0) is 0 Å². The third-order valence-electron chi connectivity index (χ3n) is 1.28. The molecule has 1 aromatic heterocycles. The molecule has 0 amide bonds. The van der Waals surface area contributed by atoms with E-state index in [4.69, 9.17) is 5.73 Å². The van der Waals surface area contributed by atoms with Crippen LogP contribution in [-0.4, -0.2) is 34.2 Å². The standard InChI is InChI=1S/C6H9F3N4O/c7-6(8,9)3-14-2-1-13-4-11-5(10)12-13/h4H,1-3H2,(H2,10,12). The van der Waals surface area contributed by atoms with Crippen molar-refractivity contribution in [2.75, 3.05) is 18.9 Å². The van der Waals surface area contributed by atoms with Crippen LogP contribution in [-0.2, 0) is 11.3 Å². The van der Waals surface area contributed by atoms with Crippen LogP contribution < -0.4 is 5.73 Å². The molecule has 0 aliphatic carbocycles. The quantitative estimate of drug-likeness (QED) is 0.732. The van der Waals surface area contributed by atoms with Crippen LogP contribution in [0.5, 0.6) is 0 Å². The summed E-state index contributed by atoms with van der Waals surface area (Å²) in [6.45, 7) is -1.14. The summed E-state index contributed by atoms with van der Waals surface area (Å²) in [6, 6.07) is 0. The number of ether oxygens (including phenoxy) is 1. The van der Waals surface area contributed by atoms with E-state index < -0.39 is 12.8 Å². The van der Waals surface area contributed by atoms with Gasteiger partial charge in [0.1, 0.15) is 12.9 Å². The van der Waals surface area contributed by atoms with E-state index in [9.17, 15) is 13.2 Å². The van der Waals surface area contributed by atoms with Crippen LogP contribution in [0.1, 0.15) is 0 Å². The summed E-state index contributed by atoms with van der Waals surface area (Å²) in [4.78, 5) is 3.60. The van der Waals surface area contributed by atoms with Gasteiger partial charge in [-0.15, -0.1) is 5.10 Å².